The van der Waals surface area contributed by atoms with E-state index in [-0.39, 0.29) is 0 Å². The van der Waals surface area contributed by atoms with Gasteiger partial charge in [0.2, 0.25) is 0 Å². The van der Waals surface area contributed by atoms with Gasteiger partial charge in [-0.05, 0) is 28.8 Å². The van der Waals surface area contributed by atoms with Crippen LogP contribution in [0.15, 0.2) is 53.1 Å². The van der Waals surface area contributed by atoms with Crippen LogP contribution >= 0.6 is 11.3 Å². The molecule has 0 atom stereocenters. The Hall–Kier alpha value is -2.20. The molecule has 0 radical (unpaired) electrons. The fourth-order valence-corrected chi connectivity index (χ4v) is 2.60. The van der Waals surface area contributed by atoms with Crippen LogP contribution in [0.5, 0.6) is 0 Å². The van der Waals surface area contributed by atoms with Gasteiger partial charge in [-0.2, -0.15) is 5.10 Å². The van der Waals surface area contributed by atoms with Crippen LogP contribution in [-0.2, 0) is 0 Å². The van der Waals surface area contributed by atoms with Crippen LogP contribution in [0.1, 0.15) is 5.56 Å². The molecule has 1 aromatic heterocycles. The average molecular weight is 253 g/mol. The van der Waals surface area contributed by atoms with Crippen molar-refractivity contribution in [1.82, 2.24) is 4.98 Å². The van der Waals surface area contributed by atoms with Crippen molar-refractivity contribution in [2.45, 2.75) is 0 Å². The van der Waals surface area contributed by atoms with Gasteiger partial charge in [-0.1, -0.05) is 30.3 Å². The van der Waals surface area contributed by atoms with E-state index >= 15 is 0 Å². The highest BCUT2D eigenvalue weighted by molar-refractivity contribution is 7.16. The molecule has 0 bridgehead atoms. The molecule has 0 spiro atoms. The molecule has 18 heavy (non-hydrogen) atoms. The number of benzene rings is 2. The fraction of sp³-hybridized carbons (Fsp3) is 0. The van der Waals surface area contributed by atoms with Gasteiger partial charge in [0.25, 0.3) is 0 Å². The van der Waals surface area contributed by atoms with Gasteiger partial charge < -0.3 is 5.84 Å². The minimum Gasteiger partial charge on any atom is -0.323 e. The van der Waals surface area contributed by atoms with Crippen molar-refractivity contribution in [1.29, 1.82) is 0 Å². The molecule has 0 aliphatic heterocycles. The summed E-state index contributed by atoms with van der Waals surface area (Å²) >= 11 is 1.66. The zero-order valence-electron chi connectivity index (χ0n) is 9.58. The number of hydrazone groups is 1. The highest BCUT2D eigenvalue weighted by Crippen LogP contribution is 2.26. The molecule has 2 N–H and O–H groups in total. The molecule has 2 aromatic carbocycles. The van der Waals surface area contributed by atoms with Crippen LogP contribution in [0.2, 0.25) is 0 Å². The predicted molar refractivity (Wildman–Crippen MR) is 76.8 cm³/mol. The van der Waals surface area contributed by atoms with Crippen molar-refractivity contribution in [2.24, 2.45) is 10.9 Å². The van der Waals surface area contributed by atoms with Crippen molar-refractivity contribution in [3.8, 4) is 11.1 Å². The van der Waals surface area contributed by atoms with E-state index in [1.807, 2.05) is 17.6 Å². The number of nitrogens with zero attached hydrogens (tertiary/aromatic N) is 2. The van der Waals surface area contributed by atoms with Crippen LogP contribution in [0.4, 0.5) is 0 Å². The molecule has 88 valence electrons. The van der Waals surface area contributed by atoms with E-state index in [0.29, 0.717) is 0 Å². The van der Waals surface area contributed by atoms with E-state index in [9.17, 15) is 0 Å². The molecule has 4 heteroatoms. The molecule has 0 fully saturated rings. The maximum absolute atomic E-state index is 5.12. The first kappa shape index (κ1) is 10.9. The minimum atomic E-state index is 1.00. The Morgan fingerprint density at radius 3 is 2.61 bits per heavy atom. The van der Waals surface area contributed by atoms with Crippen molar-refractivity contribution < 1.29 is 0 Å². The second-order valence-corrected chi connectivity index (χ2v) is 4.82. The summed E-state index contributed by atoms with van der Waals surface area (Å²) < 4.78 is 1.21. The smallest absolute Gasteiger partial charge is 0.0812 e. The van der Waals surface area contributed by atoms with Gasteiger partial charge in [-0.25, -0.2) is 4.98 Å². The number of hydrogen-bond acceptors (Lipinski definition) is 4. The molecule has 3 nitrogen and oxygen atoms in total. The van der Waals surface area contributed by atoms with Gasteiger partial charge in [0.05, 0.1) is 21.9 Å². The first-order chi connectivity index (χ1) is 8.86. The van der Waals surface area contributed by atoms with Crippen LogP contribution in [0.3, 0.4) is 0 Å². The molecule has 0 unspecified atom stereocenters. The second-order valence-electron chi connectivity index (χ2n) is 3.94. The van der Waals surface area contributed by atoms with Gasteiger partial charge in [0.15, 0.2) is 0 Å². The Labute approximate surface area is 109 Å². The van der Waals surface area contributed by atoms with Crippen LogP contribution < -0.4 is 5.84 Å². The third kappa shape index (κ3) is 1.98. The number of nitrogens with two attached hydrogens (primary N) is 1. The lowest BCUT2D eigenvalue weighted by atomic mass is 10.0. The van der Waals surface area contributed by atoms with Gasteiger partial charge in [0.1, 0.15) is 0 Å². The summed E-state index contributed by atoms with van der Waals surface area (Å²) in [7, 11) is 0. The normalized spacial score (nSPS) is 11.3. The Bertz CT molecular complexity index is 698. The standard InChI is InChI=1S/C14H11N3S/c15-17-8-10-1-3-11(4-2-10)12-5-6-13-14(7-12)18-9-16-13/h1-9H,15H2. The summed E-state index contributed by atoms with van der Waals surface area (Å²) in [6.45, 7) is 0. The van der Waals surface area contributed by atoms with Crippen LogP contribution in [0.25, 0.3) is 21.3 Å². The lowest BCUT2D eigenvalue weighted by Crippen LogP contribution is -1.86. The van der Waals surface area contributed by atoms with Crippen molar-refractivity contribution in [2.75, 3.05) is 0 Å². The number of thiazole rings is 1. The Morgan fingerprint density at radius 1 is 1.06 bits per heavy atom. The maximum Gasteiger partial charge on any atom is 0.0812 e. The summed E-state index contributed by atoms with van der Waals surface area (Å²) in [5, 5.41) is 3.51. The van der Waals surface area contributed by atoms with Crippen LogP contribution in [0, 0.1) is 0 Å². The molecule has 3 aromatic rings. The summed E-state index contributed by atoms with van der Waals surface area (Å²) in [4.78, 5) is 4.28. The monoisotopic (exact) mass is 253 g/mol. The Kier molecular flexibility index (Phi) is 2.78. The minimum absolute atomic E-state index is 1.00. The highest BCUT2D eigenvalue weighted by atomic mass is 32.1. The fourth-order valence-electron chi connectivity index (χ4n) is 1.88. The first-order valence-corrected chi connectivity index (χ1v) is 6.42. The summed E-state index contributed by atoms with van der Waals surface area (Å²) in [6, 6.07) is 14.5. The van der Waals surface area contributed by atoms with E-state index in [4.69, 9.17) is 5.84 Å². The average Bonchev–Trinajstić information content (AvgIpc) is 2.87. The number of aromatic nitrogens is 1. The third-order valence-corrected chi connectivity index (χ3v) is 3.59. The first-order valence-electron chi connectivity index (χ1n) is 5.54. The van der Waals surface area contributed by atoms with E-state index in [1.54, 1.807) is 17.6 Å². The molecule has 0 aliphatic carbocycles. The van der Waals surface area contributed by atoms with E-state index < -0.39 is 0 Å². The predicted octanol–water partition coefficient (Wildman–Crippen LogP) is 3.26. The van der Waals surface area contributed by atoms with E-state index in [2.05, 4.69) is 40.4 Å². The molecule has 1 heterocycles. The van der Waals surface area contributed by atoms with Crippen molar-refractivity contribution in [3.63, 3.8) is 0 Å². The molecule has 3 rings (SSSR count). The van der Waals surface area contributed by atoms with Gasteiger partial charge in [-0.3, -0.25) is 0 Å². The van der Waals surface area contributed by atoms with Gasteiger partial charge in [0, 0.05) is 0 Å². The number of fused-ring (bicyclic) bond motifs is 1. The Balaban J connectivity index is 2.02. The van der Waals surface area contributed by atoms with E-state index in [1.165, 1.54) is 15.8 Å². The Morgan fingerprint density at radius 2 is 1.83 bits per heavy atom. The SMILES string of the molecule is NN=Cc1ccc(-c2ccc3ncsc3c2)cc1. The van der Waals surface area contributed by atoms with Crippen LogP contribution in [-0.4, -0.2) is 11.2 Å². The van der Waals surface area contributed by atoms with E-state index in [0.717, 1.165) is 11.1 Å². The second kappa shape index (κ2) is 4.58. The largest absolute Gasteiger partial charge is 0.323 e. The summed E-state index contributed by atoms with van der Waals surface area (Å²) in [5.74, 6) is 5.12. The molecule has 0 saturated carbocycles. The quantitative estimate of drug-likeness (QED) is 0.433. The molecule has 0 amide bonds. The van der Waals surface area contributed by atoms with Crippen molar-refractivity contribution in [3.05, 3.63) is 53.5 Å². The lowest BCUT2D eigenvalue weighted by Gasteiger charge is -2.02. The molecular weight excluding hydrogens is 242 g/mol. The lowest BCUT2D eigenvalue weighted by molar-refractivity contribution is 1.26. The number of rotatable bonds is 2. The summed E-state index contributed by atoms with van der Waals surface area (Å²) in [6.07, 6.45) is 1.64. The third-order valence-electron chi connectivity index (χ3n) is 2.80. The zero-order chi connectivity index (χ0) is 12.4. The maximum atomic E-state index is 5.12. The van der Waals surface area contributed by atoms with Gasteiger partial charge >= 0.3 is 0 Å². The molecular formula is C14H11N3S. The van der Waals surface area contributed by atoms with Gasteiger partial charge in [-0.15, -0.1) is 11.3 Å². The molecule has 0 aliphatic rings. The number of hydrogen-bond donors (Lipinski definition) is 1. The van der Waals surface area contributed by atoms with Crippen molar-refractivity contribution >= 4 is 27.8 Å². The zero-order valence-corrected chi connectivity index (χ0v) is 10.4. The molecule has 0 saturated heterocycles. The summed E-state index contributed by atoms with van der Waals surface area (Å²) in [5.41, 5.74) is 6.30. The highest BCUT2D eigenvalue weighted by Gasteiger charge is 2.01. The topological polar surface area (TPSA) is 51.3 Å².